The normalized spacial score (nSPS) is 10.0. The number of hydrogen-bond acceptors (Lipinski definition) is 4. The van der Waals surface area contributed by atoms with Crippen LogP contribution in [-0.4, -0.2) is 18.0 Å². The summed E-state index contributed by atoms with van der Waals surface area (Å²) in [7, 11) is 1.51. The number of nitrogens with one attached hydrogen (secondary N) is 1. The number of amides is 1. The van der Waals surface area contributed by atoms with Gasteiger partial charge in [0.1, 0.15) is 11.6 Å². The molecular weight excluding hydrogens is 242 g/mol. The summed E-state index contributed by atoms with van der Waals surface area (Å²) in [4.78, 5) is 16.4. The Hall–Kier alpha value is -2.56. The molecular formula is C14H15N3O2. The molecule has 0 spiro atoms. The number of nitrogens with two attached hydrogens (primary N) is 1. The number of nitrogens with zero attached hydrogens (tertiary/aromatic N) is 1. The van der Waals surface area contributed by atoms with Gasteiger partial charge in [0.2, 0.25) is 0 Å². The predicted molar refractivity (Wildman–Crippen MR) is 74.3 cm³/mol. The van der Waals surface area contributed by atoms with Crippen LogP contribution >= 0.6 is 0 Å². The van der Waals surface area contributed by atoms with Gasteiger partial charge in [0, 0.05) is 11.4 Å². The summed E-state index contributed by atoms with van der Waals surface area (Å²) in [6, 6.07) is 10.3. The van der Waals surface area contributed by atoms with E-state index in [2.05, 4.69) is 10.3 Å². The summed E-state index contributed by atoms with van der Waals surface area (Å²) in [5, 5.41) is 2.72. The van der Waals surface area contributed by atoms with Crippen LogP contribution in [0.25, 0.3) is 0 Å². The highest BCUT2D eigenvalue weighted by Gasteiger charge is 2.13. The molecule has 0 saturated heterocycles. The van der Waals surface area contributed by atoms with E-state index in [1.807, 2.05) is 19.1 Å². The van der Waals surface area contributed by atoms with Crippen LogP contribution in [0.5, 0.6) is 5.75 Å². The van der Waals surface area contributed by atoms with Crippen molar-refractivity contribution in [2.75, 3.05) is 18.2 Å². The lowest BCUT2D eigenvalue weighted by molar-refractivity contribution is 0.102. The van der Waals surface area contributed by atoms with Crippen LogP contribution in [0.4, 0.5) is 11.5 Å². The fourth-order valence-electron chi connectivity index (χ4n) is 1.70. The van der Waals surface area contributed by atoms with Gasteiger partial charge in [-0.2, -0.15) is 0 Å². The van der Waals surface area contributed by atoms with Crippen molar-refractivity contribution in [3.8, 4) is 5.75 Å². The molecule has 2 aromatic rings. The summed E-state index contributed by atoms with van der Waals surface area (Å²) < 4.78 is 5.15. The smallest absolute Gasteiger partial charge is 0.260 e. The maximum Gasteiger partial charge on any atom is 0.260 e. The summed E-state index contributed by atoms with van der Waals surface area (Å²) in [6.07, 6.45) is 0. The second-order valence-corrected chi connectivity index (χ2v) is 4.08. The van der Waals surface area contributed by atoms with Crippen LogP contribution in [0.2, 0.25) is 0 Å². The number of benzene rings is 1. The van der Waals surface area contributed by atoms with E-state index in [1.165, 1.54) is 7.11 Å². The zero-order chi connectivity index (χ0) is 13.8. The van der Waals surface area contributed by atoms with Crippen molar-refractivity contribution in [2.45, 2.75) is 6.92 Å². The molecule has 98 valence electrons. The van der Waals surface area contributed by atoms with Crippen LogP contribution in [0, 0.1) is 6.92 Å². The average molecular weight is 257 g/mol. The second-order valence-electron chi connectivity index (χ2n) is 4.08. The van der Waals surface area contributed by atoms with Crippen molar-refractivity contribution in [3.05, 3.63) is 47.7 Å². The number of hydrogen-bond donors (Lipinski definition) is 2. The van der Waals surface area contributed by atoms with Crippen LogP contribution in [-0.2, 0) is 0 Å². The Labute approximate surface area is 111 Å². The van der Waals surface area contributed by atoms with Crippen LogP contribution < -0.4 is 15.8 Å². The van der Waals surface area contributed by atoms with Crippen LogP contribution in [0.1, 0.15) is 16.1 Å². The first kappa shape index (κ1) is 12.9. The van der Waals surface area contributed by atoms with Gasteiger partial charge in [-0.3, -0.25) is 4.79 Å². The highest BCUT2D eigenvalue weighted by atomic mass is 16.5. The van der Waals surface area contributed by atoms with Crippen LogP contribution in [0.15, 0.2) is 36.4 Å². The minimum atomic E-state index is -0.303. The molecule has 19 heavy (non-hydrogen) atoms. The fourth-order valence-corrected chi connectivity index (χ4v) is 1.70. The van der Waals surface area contributed by atoms with Gasteiger partial charge in [-0.05, 0) is 37.3 Å². The highest BCUT2D eigenvalue weighted by molar-refractivity contribution is 6.06. The second kappa shape index (κ2) is 5.39. The van der Waals surface area contributed by atoms with Crippen molar-refractivity contribution >= 4 is 17.4 Å². The maximum atomic E-state index is 12.2. The molecule has 0 radical (unpaired) electrons. The molecule has 0 atom stereocenters. The van der Waals surface area contributed by atoms with E-state index in [0.29, 0.717) is 22.8 Å². The van der Waals surface area contributed by atoms with Crippen molar-refractivity contribution in [2.24, 2.45) is 0 Å². The van der Waals surface area contributed by atoms with Crippen molar-refractivity contribution in [1.29, 1.82) is 0 Å². The molecule has 0 bridgehead atoms. The fraction of sp³-hybridized carbons (Fsp3) is 0.143. The number of ether oxygens (including phenoxy) is 1. The van der Waals surface area contributed by atoms with Crippen molar-refractivity contribution in [3.63, 3.8) is 0 Å². The van der Waals surface area contributed by atoms with Gasteiger partial charge in [0.05, 0.1) is 12.7 Å². The first-order valence-electron chi connectivity index (χ1n) is 5.78. The first-order chi connectivity index (χ1) is 9.10. The Bertz CT molecular complexity index is 611. The third kappa shape index (κ3) is 3.01. The van der Waals surface area contributed by atoms with E-state index < -0.39 is 0 Å². The van der Waals surface area contributed by atoms with E-state index >= 15 is 0 Å². The number of carbonyl (C=O) groups excluding carboxylic acids is 1. The molecule has 5 heteroatoms. The first-order valence-corrected chi connectivity index (χ1v) is 5.78. The Morgan fingerprint density at radius 2 is 2.11 bits per heavy atom. The van der Waals surface area contributed by atoms with Gasteiger partial charge in [0.25, 0.3) is 5.91 Å². The summed E-state index contributed by atoms with van der Waals surface area (Å²) in [6.45, 7) is 1.86. The molecule has 3 N–H and O–H groups in total. The van der Waals surface area contributed by atoms with Crippen molar-refractivity contribution in [1.82, 2.24) is 4.98 Å². The lowest BCUT2D eigenvalue weighted by Gasteiger charge is -2.09. The maximum absolute atomic E-state index is 12.2. The van der Waals surface area contributed by atoms with Gasteiger partial charge < -0.3 is 15.8 Å². The minimum Gasteiger partial charge on any atom is -0.496 e. The minimum absolute atomic E-state index is 0.303. The third-order valence-corrected chi connectivity index (χ3v) is 2.60. The van der Waals surface area contributed by atoms with Crippen molar-refractivity contribution < 1.29 is 9.53 Å². The summed E-state index contributed by atoms with van der Waals surface area (Å²) >= 11 is 0. The Morgan fingerprint density at radius 1 is 1.32 bits per heavy atom. The molecule has 0 fully saturated rings. The zero-order valence-electron chi connectivity index (χ0n) is 10.8. The predicted octanol–water partition coefficient (Wildman–Crippen LogP) is 2.23. The lowest BCUT2D eigenvalue weighted by atomic mass is 10.1. The van der Waals surface area contributed by atoms with E-state index in [4.69, 9.17) is 10.5 Å². The van der Waals surface area contributed by atoms with Gasteiger partial charge in [0.15, 0.2) is 0 Å². The molecule has 5 nitrogen and oxygen atoms in total. The lowest BCUT2D eigenvalue weighted by Crippen LogP contribution is -2.14. The molecule has 0 aliphatic rings. The monoisotopic (exact) mass is 257 g/mol. The summed E-state index contributed by atoms with van der Waals surface area (Å²) in [5.41, 5.74) is 7.40. The quantitative estimate of drug-likeness (QED) is 0.827. The number of pyridine rings is 1. The molecule has 1 amide bonds. The highest BCUT2D eigenvalue weighted by Crippen LogP contribution is 2.22. The van der Waals surface area contributed by atoms with E-state index in [0.717, 1.165) is 5.69 Å². The standard InChI is InChI=1S/C14H15N3O2/c1-9-4-3-5-13(16-9)17-14(18)11-8-10(15)6-7-12(11)19-2/h3-8H,15H2,1-2H3,(H,16,17,18). The molecule has 2 rings (SSSR count). The number of aryl methyl sites for hydroxylation is 1. The summed E-state index contributed by atoms with van der Waals surface area (Å²) in [5.74, 6) is 0.663. The Balaban J connectivity index is 2.27. The molecule has 1 heterocycles. The SMILES string of the molecule is COc1ccc(N)cc1C(=O)Nc1cccc(C)n1. The number of nitrogen functional groups attached to an aromatic ring is 1. The van der Waals surface area contributed by atoms with Gasteiger partial charge >= 0.3 is 0 Å². The topological polar surface area (TPSA) is 77.2 Å². The zero-order valence-corrected chi connectivity index (χ0v) is 10.8. The average Bonchev–Trinajstić information content (AvgIpc) is 2.38. The molecule has 0 aliphatic carbocycles. The molecule has 0 unspecified atom stereocenters. The Morgan fingerprint density at radius 3 is 2.79 bits per heavy atom. The van der Waals surface area contributed by atoms with Gasteiger partial charge in [-0.25, -0.2) is 4.98 Å². The number of methoxy groups -OCH3 is 1. The van der Waals surface area contributed by atoms with Gasteiger partial charge in [-0.15, -0.1) is 0 Å². The largest absolute Gasteiger partial charge is 0.496 e. The Kier molecular flexibility index (Phi) is 3.66. The molecule has 0 aliphatic heterocycles. The number of rotatable bonds is 3. The molecule has 0 saturated carbocycles. The third-order valence-electron chi connectivity index (χ3n) is 2.60. The van der Waals surface area contributed by atoms with E-state index in [-0.39, 0.29) is 5.91 Å². The van der Waals surface area contributed by atoms with E-state index in [1.54, 1.807) is 24.3 Å². The number of anilines is 2. The molecule has 1 aromatic heterocycles. The number of carbonyl (C=O) groups is 1. The van der Waals surface area contributed by atoms with Gasteiger partial charge in [-0.1, -0.05) is 6.07 Å². The molecule has 1 aromatic carbocycles. The van der Waals surface area contributed by atoms with E-state index in [9.17, 15) is 4.79 Å². The number of aromatic nitrogens is 1. The van der Waals surface area contributed by atoms with Crippen LogP contribution in [0.3, 0.4) is 0 Å².